The third kappa shape index (κ3) is 6.23. The summed E-state index contributed by atoms with van der Waals surface area (Å²) in [6.07, 6.45) is 3.78. The first-order valence-electron chi connectivity index (χ1n) is 7.38. The van der Waals surface area contributed by atoms with Crippen molar-refractivity contribution in [2.75, 3.05) is 20.1 Å². The molecule has 1 aliphatic carbocycles. The maximum absolute atomic E-state index is 11.6. The van der Waals surface area contributed by atoms with Crippen LogP contribution in [0.15, 0.2) is 0 Å². The fourth-order valence-electron chi connectivity index (χ4n) is 2.02. The summed E-state index contributed by atoms with van der Waals surface area (Å²) in [5.74, 6) is -1.14. The first kappa shape index (κ1) is 16.8. The predicted octanol–water partition coefficient (Wildman–Crippen LogP) is 1.27. The Morgan fingerprint density at radius 1 is 1.30 bits per heavy atom. The molecule has 0 aromatic heterocycles. The molecule has 1 rings (SSSR count). The van der Waals surface area contributed by atoms with Crippen LogP contribution >= 0.6 is 0 Å². The highest BCUT2D eigenvalue weighted by Crippen LogP contribution is 2.26. The molecule has 20 heavy (non-hydrogen) atoms. The summed E-state index contributed by atoms with van der Waals surface area (Å²) in [5, 5.41) is 14.3. The standard InChI is InChI=1S/C14H27N3O3/c1-10(13(18)19)5-4-8-15-14(20)16-9-11(2)17(3)12-6-7-12/h10-12H,4-9H2,1-3H3,(H,18,19)(H2,15,16,20). The predicted molar refractivity (Wildman–Crippen MR) is 77.7 cm³/mol. The largest absolute Gasteiger partial charge is 0.481 e. The highest BCUT2D eigenvalue weighted by Gasteiger charge is 2.29. The van der Waals surface area contributed by atoms with Crippen molar-refractivity contribution in [2.24, 2.45) is 5.92 Å². The van der Waals surface area contributed by atoms with Crippen molar-refractivity contribution in [1.82, 2.24) is 15.5 Å². The van der Waals surface area contributed by atoms with E-state index in [0.29, 0.717) is 38.0 Å². The minimum absolute atomic E-state index is 0.177. The van der Waals surface area contributed by atoms with Gasteiger partial charge in [-0.15, -0.1) is 0 Å². The Kier molecular flexibility index (Phi) is 6.78. The molecular weight excluding hydrogens is 258 g/mol. The van der Waals surface area contributed by atoms with E-state index in [1.54, 1.807) is 6.92 Å². The van der Waals surface area contributed by atoms with Crippen LogP contribution in [0.5, 0.6) is 0 Å². The molecule has 0 aliphatic heterocycles. The van der Waals surface area contributed by atoms with Gasteiger partial charge in [-0.2, -0.15) is 0 Å². The molecule has 2 atom stereocenters. The molecule has 0 aromatic rings. The van der Waals surface area contributed by atoms with Gasteiger partial charge in [-0.3, -0.25) is 9.69 Å². The molecule has 0 radical (unpaired) electrons. The Hall–Kier alpha value is -1.30. The molecule has 0 aromatic carbocycles. The number of likely N-dealkylation sites (N-methyl/N-ethyl adjacent to an activating group) is 1. The van der Waals surface area contributed by atoms with Crippen molar-refractivity contribution in [1.29, 1.82) is 0 Å². The highest BCUT2D eigenvalue weighted by atomic mass is 16.4. The molecule has 3 N–H and O–H groups in total. The van der Waals surface area contributed by atoms with Gasteiger partial charge in [0.2, 0.25) is 0 Å². The number of carboxylic acids is 1. The number of nitrogens with zero attached hydrogens (tertiary/aromatic N) is 1. The lowest BCUT2D eigenvalue weighted by Gasteiger charge is -2.24. The van der Waals surface area contributed by atoms with Crippen LogP contribution in [0.3, 0.4) is 0 Å². The number of hydrogen-bond acceptors (Lipinski definition) is 3. The second-order valence-corrected chi connectivity index (χ2v) is 5.76. The maximum atomic E-state index is 11.6. The fraction of sp³-hybridized carbons (Fsp3) is 0.857. The second kappa shape index (κ2) is 8.09. The zero-order chi connectivity index (χ0) is 15.1. The molecular formula is C14H27N3O3. The molecule has 6 heteroatoms. The number of aliphatic carboxylic acids is 1. The molecule has 1 saturated carbocycles. The number of carbonyl (C=O) groups is 2. The molecule has 0 heterocycles. The zero-order valence-electron chi connectivity index (χ0n) is 12.7. The maximum Gasteiger partial charge on any atom is 0.314 e. The van der Waals surface area contributed by atoms with Gasteiger partial charge in [0.15, 0.2) is 0 Å². The van der Waals surface area contributed by atoms with Crippen LogP contribution in [-0.2, 0) is 4.79 Å². The topological polar surface area (TPSA) is 81.7 Å². The Morgan fingerprint density at radius 2 is 1.95 bits per heavy atom. The summed E-state index contributed by atoms with van der Waals surface area (Å²) in [5.41, 5.74) is 0. The van der Waals surface area contributed by atoms with Gasteiger partial charge in [0.1, 0.15) is 0 Å². The third-order valence-electron chi connectivity index (χ3n) is 3.90. The molecule has 0 spiro atoms. The van der Waals surface area contributed by atoms with Gasteiger partial charge in [0.05, 0.1) is 5.92 Å². The van der Waals surface area contributed by atoms with Gasteiger partial charge in [0, 0.05) is 25.2 Å². The van der Waals surface area contributed by atoms with Crippen LogP contribution < -0.4 is 10.6 Å². The monoisotopic (exact) mass is 285 g/mol. The molecule has 2 amide bonds. The zero-order valence-corrected chi connectivity index (χ0v) is 12.7. The quantitative estimate of drug-likeness (QED) is 0.557. The molecule has 116 valence electrons. The number of rotatable bonds is 9. The minimum Gasteiger partial charge on any atom is -0.481 e. The van der Waals surface area contributed by atoms with Crippen LogP contribution in [0.1, 0.15) is 39.5 Å². The average Bonchev–Trinajstić information content (AvgIpc) is 3.23. The summed E-state index contributed by atoms with van der Waals surface area (Å²) in [7, 11) is 2.09. The SMILES string of the molecule is CC(CCCNC(=O)NCC(C)N(C)C1CC1)C(=O)O. The number of carboxylic acid groups (broad SMARTS) is 1. The molecule has 1 aliphatic rings. The lowest BCUT2D eigenvalue weighted by atomic mass is 10.1. The second-order valence-electron chi connectivity index (χ2n) is 5.76. The van der Waals surface area contributed by atoms with Crippen LogP contribution in [0.2, 0.25) is 0 Å². The molecule has 0 saturated heterocycles. The van der Waals surface area contributed by atoms with E-state index >= 15 is 0 Å². The van der Waals surface area contributed by atoms with Crippen molar-refractivity contribution in [3.8, 4) is 0 Å². The molecule has 1 fully saturated rings. The van der Waals surface area contributed by atoms with Gasteiger partial charge in [0.25, 0.3) is 0 Å². The van der Waals surface area contributed by atoms with Crippen molar-refractivity contribution in [3.63, 3.8) is 0 Å². The third-order valence-corrected chi connectivity index (χ3v) is 3.90. The normalized spacial score (nSPS) is 17.6. The Labute approximate surface area is 120 Å². The van der Waals surface area contributed by atoms with Crippen LogP contribution in [-0.4, -0.2) is 54.2 Å². The number of carbonyl (C=O) groups excluding carboxylic acids is 1. The molecule has 2 unspecified atom stereocenters. The number of nitrogens with one attached hydrogen (secondary N) is 2. The number of amides is 2. The van der Waals surface area contributed by atoms with E-state index < -0.39 is 5.97 Å². The van der Waals surface area contributed by atoms with Gasteiger partial charge < -0.3 is 15.7 Å². The Balaban J connectivity index is 2.03. The first-order valence-corrected chi connectivity index (χ1v) is 7.38. The average molecular weight is 285 g/mol. The smallest absolute Gasteiger partial charge is 0.314 e. The van der Waals surface area contributed by atoms with E-state index in [2.05, 4.69) is 29.5 Å². The van der Waals surface area contributed by atoms with Gasteiger partial charge in [-0.25, -0.2) is 4.79 Å². The van der Waals surface area contributed by atoms with E-state index in [4.69, 9.17) is 5.11 Å². The summed E-state index contributed by atoms with van der Waals surface area (Å²) < 4.78 is 0. The van der Waals surface area contributed by atoms with Crippen LogP contribution in [0.4, 0.5) is 4.79 Å². The van der Waals surface area contributed by atoms with E-state index in [9.17, 15) is 9.59 Å². The minimum atomic E-state index is -0.786. The van der Waals surface area contributed by atoms with Crippen LogP contribution in [0.25, 0.3) is 0 Å². The summed E-state index contributed by atoms with van der Waals surface area (Å²) in [6, 6.07) is 0.844. The van der Waals surface area contributed by atoms with Crippen molar-refractivity contribution < 1.29 is 14.7 Å². The van der Waals surface area contributed by atoms with E-state index in [-0.39, 0.29) is 11.9 Å². The lowest BCUT2D eigenvalue weighted by molar-refractivity contribution is -0.141. The Bertz CT molecular complexity index is 332. The number of hydrogen-bond donors (Lipinski definition) is 3. The van der Waals surface area contributed by atoms with Crippen molar-refractivity contribution >= 4 is 12.0 Å². The number of urea groups is 1. The summed E-state index contributed by atoms with van der Waals surface area (Å²) in [6.45, 7) is 4.92. The van der Waals surface area contributed by atoms with Gasteiger partial charge in [-0.05, 0) is 39.7 Å². The summed E-state index contributed by atoms with van der Waals surface area (Å²) >= 11 is 0. The highest BCUT2D eigenvalue weighted by molar-refractivity contribution is 5.73. The Morgan fingerprint density at radius 3 is 2.50 bits per heavy atom. The van der Waals surface area contributed by atoms with Gasteiger partial charge >= 0.3 is 12.0 Å². The van der Waals surface area contributed by atoms with Crippen molar-refractivity contribution in [3.05, 3.63) is 0 Å². The fourth-order valence-corrected chi connectivity index (χ4v) is 2.02. The van der Waals surface area contributed by atoms with Gasteiger partial charge in [-0.1, -0.05) is 6.92 Å². The molecule has 6 nitrogen and oxygen atoms in total. The molecule has 0 bridgehead atoms. The lowest BCUT2D eigenvalue weighted by Crippen LogP contribution is -2.44. The van der Waals surface area contributed by atoms with E-state index in [0.717, 1.165) is 0 Å². The van der Waals surface area contributed by atoms with E-state index in [1.807, 2.05) is 0 Å². The first-order chi connectivity index (χ1) is 9.41. The van der Waals surface area contributed by atoms with Crippen molar-refractivity contribution in [2.45, 2.75) is 51.6 Å². The van der Waals surface area contributed by atoms with E-state index in [1.165, 1.54) is 12.8 Å². The van der Waals surface area contributed by atoms with Crippen LogP contribution in [0, 0.1) is 5.92 Å². The summed E-state index contributed by atoms with van der Waals surface area (Å²) in [4.78, 5) is 24.5.